The zero-order chi connectivity index (χ0) is 12.3. The molecule has 0 radical (unpaired) electrons. The smallest absolute Gasteiger partial charge is 0.146 e. The monoisotopic (exact) mass is 264 g/mol. The van der Waals surface area contributed by atoms with Crippen LogP contribution in [0.15, 0.2) is 49.0 Å². The Labute approximate surface area is 110 Å². The van der Waals surface area contributed by atoms with Crippen LogP contribution in [-0.4, -0.2) is 0 Å². The zero-order valence-corrected chi connectivity index (χ0v) is 10.5. The molecule has 0 heterocycles. The standard InChI is InChI=1S/C14H10Cl2O/c1-2-10-3-8-14(13(16)9-10)17-12-6-4-11(15)5-7-12/h2-9H,1H2. The first kappa shape index (κ1) is 12.0. The van der Waals surface area contributed by atoms with Gasteiger partial charge in [0.05, 0.1) is 5.02 Å². The predicted octanol–water partition coefficient (Wildman–Crippen LogP) is 5.43. The Morgan fingerprint density at radius 1 is 1.00 bits per heavy atom. The molecule has 1 nitrogen and oxygen atoms in total. The molecule has 3 heteroatoms. The lowest BCUT2D eigenvalue weighted by molar-refractivity contribution is 0.483. The molecule has 0 aliphatic carbocycles. The molecule has 2 rings (SSSR count). The Bertz CT molecular complexity index is 532. The largest absolute Gasteiger partial charge is 0.456 e. The van der Waals surface area contributed by atoms with E-state index in [9.17, 15) is 0 Å². The molecule has 0 fully saturated rings. The Morgan fingerprint density at radius 2 is 1.71 bits per heavy atom. The van der Waals surface area contributed by atoms with E-state index in [1.165, 1.54) is 0 Å². The van der Waals surface area contributed by atoms with Crippen LogP contribution < -0.4 is 4.74 Å². The van der Waals surface area contributed by atoms with Crippen molar-refractivity contribution >= 4 is 29.3 Å². The fourth-order valence-corrected chi connectivity index (χ4v) is 1.71. The number of benzene rings is 2. The fraction of sp³-hybridized carbons (Fsp3) is 0. The molecule has 0 spiro atoms. The Hall–Kier alpha value is -1.44. The third kappa shape index (κ3) is 3.02. The van der Waals surface area contributed by atoms with Gasteiger partial charge in [0.15, 0.2) is 0 Å². The van der Waals surface area contributed by atoms with Gasteiger partial charge in [-0.05, 0) is 42.0 Å². The number of ether oxygens (including phenoxy) is 1. The maximum atomic E-state index is 6.09. The number of hydrogen-bond acceptors (Lipinski definition) is 1. The van der Waals surface area contributed by atoms with Gasteiger partial charge in [-0.25, -0.2) is 0 Å². The summed E-state index contributed by atoms with van der Waals surface area (Å²) in [6, 6.07) is 12.6. The molecule has 0 N–H and O–H groups in total. The van der Waals surface area contributed by atoms with Crippen molar-refractivity contribution in [3.63, 3.8) is 0 Å². The molecular formula is C14H10Cl2O. The number of hydrogen-bond donors (Lipinski definition) is 0. The van der Waals surface area contributed by atoms with Crippen molar-refractivity contribution in [2.24, 2.45) is 0 Å². The minimum atomic E-state index is 0.553. The normalized spacial score (nSPS) is 10.0. The predicted molar refractivity (Wildman–Crippen MR) is 73.1 cm³/mol. The highest BCUT2D eigenvalue weighted by Crippen LogP contribution is 2.30. The van der Waals surface area contributed by atoms with E-state index in [0.29, 0.717) is 21.5 Å². The Kier molecular flexibility index (Phi) is 3.72. The van der Waals surface area contributed by atoms with Crippen LogP contribution in [0.1, 0.15) is 5.56 Å². The third-order valence-corrected chi connectivity index (χ3v) is 2.78. The quantitative estimate of drug-likeness (QED) is 0.719. The van der Waals surface area contributed by atoms with Crippen LogP contribution >= 0.6 is 23.2 Å². The van der Waals surface area contributed by atoms with Gasteiger partial charge in [0, 0.05) is 5.02 Å². The highest BCUT2D eigenvalue weighted by atomic mass is 35.5. The summed E-state index contributed by atoms with van der Waals surface area (Å²) in [4.78, 5) is 0. The van der Waals surface area contributed by atoms with Crippen molar-refractivity contribution in [3.8, 4) is 11.5 Å². The van der Waals surface area contributed by atoms with Gasteiger partial charge in [-0.15, -0.1) is 0 Å². The summed E-state index contributed by atoms with van der Waals surface area (Å²) in [5.41, 5.74) is 0.957. The van der Waals surface area contributed by atoms with Gasteiger partial charge >= 0.3 is 0 Å². The highest BCUT2D eigenvalue weighted by Gasteiger charge is 2.03. The second-order valence-electron chi connectivity index (χ2n) is 3.45. The first-order valence-corrected chi connectivity index (χ1v) is 5.80. The summed E-state index contributed by atoms with van der Waals surface area (Å²) in [5.74, 6) is 1.31. The molecule has 0 saturated carbocycles. The molecule has 0 amide bonds. The molecule has 0 aliphatic heterocycles. The molecular weight excluding hydrogens is 255 g/mol. The topological polar surface area (TPSA) is 9.23 Å². The summed E-state index contributed by atoms with van der Waals surface area (Å²) in [7, 11) is 0. The summed E-state index contributed by atoms with van der Waals surface area (Å²) in [5, 5.41) is 1.22. The van der Waals surface area contributed by atoms with Crippen molar-refractivity contribution in [2.75, 3.05) is 0 Å². The van der Waals surface area contributed by atoms with Gasteiger partial charge < -0.3 is 4.74 Å². The van der Waals surface area contributed by atoms with Crippen LogP contribution in [0, 0.1) is 0 Å². The van der Waals surface area contributed by atoms with Crippen LogP contribution in [0.4, 0.5) is 0 Å². The molecule has 2 aromatic carbocycles. The molecule has 0 aromatic heterocycles. The molecule has 2 aromatic rings. The molecule has 0 atom stereocenters. The van der Waals surface area contributed by atoms with E-state index in [1.807, 2.05) is 12.1 Å². The molecule has 0 aliphatic rings. The van der Waals surface area contributed by atoms with Crippen LogP contribution in [0.2, 0.25) is 10.0 Å². The maximum Gasteiger partial charge on any atom is 0.146 e. The maximum absolute atomic E-state index is 6.09. The van der Waals surface area contributed by atoms with E-state index in [1.54, 1.807) is 36.4 Å². The van der Waals surface area contributed by atoms with Gasteiger partial charge in [0.2, 0.25) is 0 Å². The minimum Gasteiger partial charge on any atom is -0.456 e. The minimum absolute atomic E-state index is 0.553. The van der Waals surface area contributed by atoms with Gasteiger partial charge in [-0.2, -0.15) is 0 Å². The van der Waals surface area contributed by atoms with Crippen molar-refractivity contribution in [1.82, 2.24) is 0 Å². The van der Waals surface area contributed by atoms with Gasteiger partial charge in [0.25, 0.3) is 0 Å². The van der Waals surface area contributed by atoms with Crippen LogP contribution in [0.3, 0.4) is 0 Å². The van der Waals surface area contributed by atoms with E-state index in [0.717, 1.165) is 5.56 Å². The molecule has 17 heavy (non-hydrogen) atoms. The highest BCUT2D eigenvalue weighted by molar-refractivity contribution is 6.32. The lowest BCUT2D eigenvalue weighted by atomic mass is 10.2. The number of halogens is 2. The molecule has 0 saturated heterocycles. The van der Waals surface area contributed by atoms with Crippen molar-refractivity contribution in [3.05, 3.63) is 64.7 Å². The molecule has 0 bridgehead atoms. The first-order chi connectivity index (χ1) is 8.19. The van der Waals surface area contributed by atoms with Gasteiger partial charge in [0.1, 0.15) is 11.5 Å². The first-order valence-electron chi connectivity index (χ1n) is 5.04. The second kappa shape index (κ2) is 5.26. The van der Waals surface area contributed by atoms with E-state index >= 15 is 0 Å². The van der Waals surface area contributed by atoms with Crippen molar-refractivity contribution < 1.29 is 4.74 Å². The van der Waals surface area contributed by atoms with Crippen LogP contribution in [0.25, 0.3) is 6.08 Å². The Balaban J connectivity index is 2.24. The van der Waals surface area contributed by atoms with E-state index in [2.05, 4.69) is 6.58 Å². The lowest BCUT2D eigenvalue weighted by Crippen LogP contribution is -1.85. The van der Waals surface area contributed by atoms with Crippen molar-refractivity contribution in [1.29, 1.82) is 0 Å². The lowest BCUT2D eigenvalue weighted by Gasteiger charge is -2.08. The fourth-order valence-electron chi connectivity index (χ4n) is 1.36. The van der Waals surface area contributed by atoms with E-state index in [4.69, 9.17) is 27.9 Å². The van der Waals surface area contributed by atoms with E-state index < -0.39 is 0 Å². The summed E-state index contributed by atoms with van der Waals surface area (Å²) in [6.07, 6.45) is 1.73. The SMILES string of the molecule is C=Cc1ccc(Oc2ccc(Cl)cc2)c(Cl)c1. The van der Waals surface area contributed by atoms with Gasteiger partial charge in [-0.1, -0.05) is 41.9 Å². The third-order valence-electron chi connectivity index (χ3n) is 2.23. The summed E-state index contributed by atoms with van der Waals surface area (Å²) >= 11 is 11.9. The average Bonchev–Trinajstić information content (AvgIpc) is 2.34. The molecule has 0 unspecified atom stereocenters. The summed E-state index contributed by atoms with van der Waals surface area (Å²) in [6.45, 7) is 3.68. The Morgan fingerprint density at radius 3 is 2.29 bits per heavy atom. The van der Waals surface area contributed by atoms with Crippen molar-refractivity contribution in [2.45, 2.75) is 0 Å². The van der Waals surface area contributed by atoms with Crippen LogP contribution in [0.5, 0.6) is 11.5 Å². The number of rotatable bonds is 3. The van der Waals surface area contributed by atoms with Crippen LogP contribution in [-0.2, 0) is 0 Å². The second-order valence-corrected chi connectivity index (χ2v) is 4.29. The molecule has 86 valence electrons. The summed E-state index contributed by atoms with van der Waals surface area (Å²) < 4.78 is 5.64. The van der Waals surface area contributed by atoms with E-state index in [-0.39, 0.29) is 0 Å². The average molecular weight is 265 g/mol. The van der Waals surface area contributed by atoms with Gasteiger partial charge in [-0.3, -0.25) is 0 Å². The zero-order valence-electron chi connectivity index (χ0n) is 8.99.